The van der Waals surface area contributed by atoms with E-state index >= 15 is 0 Å². The molecular weight excluding hydrogens is 231 g/mol. The van der Waals surface area contributed by atoms with Gasteiger partial charge in [0.25, 0.3) is 0 Å². The fourth-order valence-electron chi connectivity index (χ4n) is 1.53. The van der Waals surface area contributed by atoms with E-state index in [0.717, 1.165) is 11.1 Å². The van der Waals surface area contributed by atoms with Gasteiger partial charge in [0.2, 0.25) is 0 Å². The molecule has 0 spiro atoms. The minimum Gasteiger partial charge on any atom is -0.493 e. The molecule has 0 saturated heterocycles. The summed E-state index contributed by atoms with van der Waals surface area (Å²) in [6.07, 6.45) is -4.98. The summed E-state index contributed by atoms with van der Waals surface area (Å²) in [5.74, 6) is 0.608. The van der Waals surface area contributed by atoms with Crippen LogP contribution in [0.2, 0.25) is 0 Å². The summed E-state index contributed by atoms with van der Waals surface area (Å²) in [6.45, 7) is 2.21. The molecule has 0 unspecified atom stereocenters. The second-order valence-corrected chi connectivity index (χ2v) is 3.83. The van der Waals surface area contributed by atoms with Crippen molar-refractivity contribution in [1.29, 1.82) is 0 Å². The van der Waals surface area contributed by atoms with Gasteiger partial charge in [-0.25, -0.2) is 0 Å². The first-order valence-electron chi connectivity index (χ1n) is 5.42. The molecule has 0 amide bonds. The average molecular weight is 247 g/mol. The lowest BCUT2D eigenvalue weighted by atomic mass is 10.1. The van der Waals surface area contributed by atoms with Crippen LogP contribution in [0.5, 0.6) is 5.75 Å². The smallest absolute Gasteiger partial charge is 0.389 e. The molecule has 1 aromatic rings. The predicted molar refractivity (Wildman–Crippen MR) is 59.9 cm³/mol. The molecule has 0 saturated carbocycles. The second-order valence-electron chi connectivity index (χ2n) is 3.83. The summed E-state index contributed by atoms with van der Waals surface area (Å²) in [6, 6.07) is 5.50. The number of nitrogens with two attached hydrogens (primary N) is 1. The van der Waals surface area contributed by atoms with E-state index in [2.05, 4.69) is 0 Å². The molecule has 2 N–H and O–H groups in total. The van der Waals surface area contributed by atoms with Gasteiger partial charge < -0.3 is 10.5 Å². The summed E-state index contributed by atoms with van der Waals surface area (Å²) in [7, 11) is 0. The molecule has 0 aliphatic rings. The number of halogens is 3. The summed E-state index contributed by atoms with van der Waals surface area (Å²) in [5, 5.41) is 0. The molecule has 0 fully saturated rings. The SMILES string of the molecule is Cc1cccc(CN)c1OCCCC(F)(F)F. The highest BCUT2D eigenvalue weighted by molar-refractivity contribution is 5.40. The van der Waals surface area contributed by atoms with Crippen molar-refractivity contribution in [2.45, 2.75) is 32.5 Å². The molecule has 1 aromatic carbocycles. The van der Waals surface area contributed by atoms with Gasteiger partial charge in [0.05, 0.1) is 6.61 Å². The Morgan fingerprint density at radius 1 is 1.29 bits per heavy atom. The van der Waals surface area contributed by atoms with Crippen molar-refractivity contribution in [3.63, 3.8) is 0 Å². The maximum atomic E-state index is 11.9. The summed E-state index contributed by atoms with van der Waals surface area (Å²) >= 11 is 0. The normalized spacial score (nSPS) is 11.6. The molecule has 5 heteroatoms. The number of hydrogen-bond donors (Lipinski definition) is 1. The van der Waals surface area contributed by atoms with Crippen molar-refractivity contribution in [2.24, 2.45) is 5.73 Å². The minimum atomic E-state index is -4.12. The van der Waals surface area contributed by atoms with E-state index in [9.17, 15) is 13.2 Å². The second kappa shape index (κ2) is 5.91. The lowest BCUT2D eigenvalue weighted by Crippen LogP contribution is -2.11. The molecule has 1 rings (SSSR count). The van der Waals surface area contributed by atoms with E-state index in [1.807, 2.05) is 25.1 Å². The van der Waals surface area contributed by atoms with Crippen molar-refractivity contribution >= 4 is 0 Å². The molecule has 17 heavy (non-hydrogen) atoms. The molecule has 0 aromatic heterocycles. The number of para-hydroxylation sites is 1. The predicted octanol–water partition coefficient (Wildman–Crippen LogP) is 3.18. The molecule has 0 bridgehead atoms. The van der Waals surface area contributed by atoms with Crippen LogP contribution in [0.3, 0.4) is 0 Å². The van der Waals surface area contributed by atoms with Crippen LogP contribution in [-0.4, -0.2) is 12.8 Å². The van der Waals surface area contributed by atoms with Crippen molar-refractivity contribution in [2.75, 3.05) is 6.61 Å². The quantitative estimate of drug-likeness (QED) is 0.811. The Hall–Kier alpha value is -1.23. The van der Waals surface area contributed by atoms with E-state index in [4.69, 9.17) is 10.5 Å². The Kier molecular flexibility index (Phi) is 4.81. The topological polar surface area (TPSA) is 35.2 Å². The zero-order valence-electron chi connectivity index (χ0n) is 9.68. The highest BCUT2D eigenvalue weighted by Crippen LogP contribution is 2.25. The first-order valence-corrected chi connectivity index (χ1v) is 5.42. The van der Waals surface area contributed by atoms with Crippen LogP contribution >= 0.6 is 0 Å². The van der Waals surface area contributed by atoms with Crippen molar-refractivity contribution in [3.8, 4) is 5.75 Å². The van der Waals surface area contributed by atoms with E-state index in [1.165, 1.54) is 0 Å². The molecular formula is C12H16F3NO. The van der Waals surface area contributed by atoms with Crippen molar-refractivity contribution < 1.29 is 17.9 Å². The minimum absolute atomic E-state index is 0.0398. The number of aryl methyl sites for hydroxylation is 1. The van der Waals surface area contributed by atoms with Gasteiger partial charge in [0.15, 0.2) is 0 Å². The van der Waals surface area contributed by atoms with Gasteiger partial charge in [-0.05, 0) is 18.9 Å². The van der Waals surface area contributed by atoms with Crippen LogP contribution in [-0.2, 0) is 6.54 Å². The van der Waals surface area contributed by atoms with Gasteiger partial charge >= 0.3 is 6.18 Å². The molecule has 0 aliphatic heterocycles. The maximum Gasteiger partial charge on any atom is 0.389 e. The molecule has 96 valence electrons. The molecule has 0 aliphatic carbocycles. The first kappa shape index (κ1) is 13.8. The first-order chi connectivity index (χ1) is 7.94. The number of benzene rings is 1. The third kappa shape index (κ3) is 4.65. The van der Waals surface area contributed by atoms with Crippen molar-refractivity contribution in [1.82, 2.24) is 0 Å². The highest BCUT2D eigenvalue weighted by Gasteiger charge is 2.26. The average Bonchev–Trinajstić information content (AvgIpc) is 2.24. The van der Waals surface area contributed by atoms with E-state index in [-0.39, 0.29) is 13.0 Å². The third-order valence-electron chi connectivity index (χ3n) is 2.36. The fourth-order valence-corrected chi connectivity index (χ4v) is 1.53. The Morgan fingerprint density at radius 2 is 2.00 bits per heavy atom. The lowest BCUT2D eigenvalue weighted by Gasteiger charge is -2.13. The zero-order chi connectivity index (χ0) is 12.9. The van der Waals surface area contributed by atoms with Crippen LogP contribution in [0.25, 0.3) is 0 Å². The largest absolute Gasteiger partial charge is 0.493 e. The molecule has 2 nitrogen and oxygen atoms in total. The van der Waals surface area contributed by atoms with Gasteiger partial charge in [0.1, 0.15) is 5.75 Å². The standard InChI is InChI=1S/C12H16F3NO/c1-9-4-2-5-10(8-16)11(9)17-7-3-6-12(13,14)15/h2,4-5H,3,6-8,16H2,1H3. The Labute approximate surface area is 98.6 Å². The Bertz CT molecular complexity index is 363. The fraction of sp³-hybridized carbons (Fsp3) is 0.500. The molecule has 0 atom stereocenters. The van der Waals surface area contributed by atoms with Crippen molar-refractivity contribution in [3.05, 3.63) is 29.3 Å². The van der Waals surface area contributed by atoms with Crippen LogP contribution in [0.15, 0.2) is 18.2 Å². The number of rotatable bonds is 5. The van der Waals surface area contributed by atoms with Gasteiger partial charge in [0, 0.05) is 18.5 Å². The van der Waals surface area contributed by atoms with Crippen LogP contribution in [0, 0.1) is 6.92 Å². The van der Waals surface area contributed by atoms with Crippen LogP contribution in [0.1, 0.15) is 24.0 Å². The Balaban J connectivity index is 2.52. The highest BCUT2D eigenvalue weighted by atomic mass is 19.4. The summed E-state index contributed by atoms with van der Waals surface area (Å²) in [5.41, 5.74) is 7.24. The van der Waals surface area contributed by atoms with E-state index in [1.54, 1.807) is 0 Å². The van der Waals surface area contributed by atoms with Crippen LogP contribution in [0.4, 0.5) is 13.2 Å². The van der Waals surface area contributed by atoms with E-state index in [0.29, 0.717) is 12.3 Å². The Morgan fingerprint density at radius 3 is 2.59 bits per heavy atom. The molecule has 0 heterocycles. The number of ether oxygens (including phenoxy) is 1. The monoisotopic (exact) mass is 247 g/mol. The summed E-state index contributed by atoms with van der Waals surface area (Å²) < 4.78 is 41.2. The third-order valence-corrected chi connectivity index (χ3v) is 2.36. The molecule has 0 radical (unpaired) electrons. The van der Waals surface area contributed by atoms with Gasteiger partial charge in [-0.2, -0.15) is 13.2 Å². The maximum absolute atomic E-state index is 11.9. The lowest BCUT2D eigenvalue weighted by molar-refractivity contribution is -0.136. The van der Waals surface area contributed by atoms with Gasteiger partial charge in [-0.3, -0.25) is 0 Å². The number of hydrogen-bond acceptors (Lipinski definition) is 2. The number of alkyl halides is 3. The zero-order valence-corrected chi connectivity index (χ0v) is 9.68. The van der Waals surface area contributed by atoms with Gasteiger partial charge in [-0.1, -0.05) is 18.2 Å². The summed E-state index contributed by atoms with van der Waals surface area (Å²) in [4.78, 5) is 0. The van der Waals surface area contributed by atoms with Crippen LogP contribution < -0.4 is 10.5 Å². The van der Waals surface area contributed by atoms with Gasteiger partial charge in [-0.15, -0.1) is 0 Å². The van der Waals surface area contributed by atoms with E-state index < -0.39 is 12.6 Å².